The van der Waals surface area contributed by atoms with Crippen LogP contribution in [0.1, 0.15) is 387 Å². The highest BCUT2D eigenvalue weighted by atomic mass is 31.2. The molecule has 0 aliphatic heterocycles. The third kappa shape index (κ3) is 75.0. The summed E-state index contributed by atoms with van der Waals surface area (Å²) >= 11 is 0. The predicted molar refractivity (Wildman–Crippen MR) is 418 cm³/mol. The fourth-order valence-corrected chi connectivity index (χ4v) is 13.2. The molecule has 0 saturated heterocycles. The Morgan fingerprint density at radius 1 is 0.275 bits per heavy atom. The van der Waals surface area contributed by atoms with Crippen LogP contribution in [0.25, 0.3) is 0 Å². The molecule has 0 rings (SSSR count). The molecule has 0 aromatic rings. The molecule has 0 spiro atoms. The van der Waals surface area contributed by atoms with Crippen LogP contribution in [0.3, 0.4) is 0 Å². The molecule has 0 bridgehead atoms. The zero-order chi connectivity index (χ0) is 74.6. The summed E-state index contributed by atoms with van der Waals surface area (Å²) in [5.41, 5.74) is 0. The van der Waals surface area contributed by atoms with Gasteiger partial charge in [0, 0.05) is 25.7 Å². The standard InChI is InChI=1S/C83H152O17P2/c1-5-9-13-17-21-25-29-33-37-38-42-46-50-54-58-62-66-70-83(88)100-79(74-94-81(86)68-64-60-56-52-48-44-40-35-31-27-23-19-15-11-7-3)76-98-102(91,92)96-72-77(84)71-95-101(89,90)97-75-78(99-82(87)69-65-61-57-53-49-45-41-36-32-28-24-20-16-12-8-4)73-93-80(85)67-63-59-55-51-47-43-39-34-30-26-22-18-14-10-6-2/h22-23,26-27,34-36,39-41,77-79,84H,5-21,24-25,28-33,37-38,42-76H2,1-4H3,(H,89,90)(H,91,92)/b26-22-,27-23-,39-34-,40-35-,41-36-/t77-,78+,79+/m0/s1. The van der Waals surface area contributed by atoms with E-state index in [0.717, 1.165) is 154 Å². The van der Waals surface area contributed by atoms with Crippen LogP contribution >= 0.6 is 15.6 Å². The molecule has 0 aromatic heterocycles. The molecule has 0 aliphatic carbocycles. The number of allylic oxidation sites excluding steroid dienone is 10. The minimum atomic E-state index is -4.98. The second-order valence-corrected chi connectivity index (χ2v) is 31.0. The zero-order valence-corrected chi connectivity index (χ0v) is 67.1. The highest BCUT2D eigenvalue weighted by Crippen LogP contribution is 2.45. The lowest BCUT2D eigenvalue weighted by Crippen LogP contribution is -2.30. The molecule has 0 fully saturated rings. The SMILES string of the molecule is CCCCC/C=C\C/C=C\CCCCCCCC(=O)OC[C@H](COP(=O)(O)OC[C@H](O)COP(=O)(O)OC[C@@H](COC(=O)CCCCCCC/C=C\C/C=C\CCCCC)OC(=O)CCCCCCCCCCCCCCCCCCC)OC(=O)CCCCCCC/C=C\CCCCCCCC. The lowest BCUT2D eigenvalue weighted by Gasteiger charge is -2.21. The second-order valence-electron chi connectivity index (χ2n) is 28.1. The molecule has 19 heteroatoms. The molecule has 17 nitrogen and oxygen atoms in total. The van der Waals surface area contributed by atoms with Crippen molar-refractivity contribution >= 4 is 39.5 Å². The minimum absolute atomic E-state index is 0.0859. The number of carbonyl (C=O) groups excluding carboxylic acids is 4. The first-order chi connectivity index (χ1) is 49.7. The van der Waals surface area contributed by atoms with Gasteiger partial charge < -0.3 is 33.8 Å². The Balaban J connectivity index is 5.35. The third-order valence-corrected chi connectivity index (χ3v) is 19.9. The number of rotatable bonds is 79. The van der Waals surface area contributed by atoms with Gasteiger partial charge in [0.2, 0.25) is 0 Å². The van der Waals surface area contributed by atoms with Gasteiger partial charge in [-0.1, -0.05) is 307 Å². The summed E-state index contributed by atoms with van der Waals surface area (Å²) in [7, 11) is -9.95. The van der Waals surface area contributed by atoms with Crippen molar-refractivity contribution in [1.82, 2.24) is 0 Å². The summed E-state index contributed by atoms with van der Waals surface area (Å²) in [5, 5.41) is 10.7. The van der Waals surface area contributed by atoms with Crippen molar-refractivity contribution < 1.29 is 80.2 Å². The maximum atomic E-state index is 13.1. The van der Waals surface area contributed by atoms with E-state index in [2.05, 4.69) is 88.5 Å². The number of ether oxygens (including phenoxy) is 4. The Bertz CT molecular complexity index is 2170. The monoisotopic (exact) mass is 1480 g/mol. The van der Waals surface area contributed by atoms with Gasteiger partial charge in [-0.05, 0) is 116 Å². The van der Waals surface area contributed by atoms with Crippen molar-refractivity contribution in [2.24, 2.45) is 0 Å². The Morgan fingerprint density at radius 3 is 0.755 bits per heavy atom. The molecular formula is C83H152O17P2. The van der Waals surface area contributed by atoms with Crippen molar-refractivity contribution in [2.45, 2.75) is 406 Å². The quantitative estimate of drug-likeness (QED) is 0.0169. The summed E-state index contributed by atoms with van der Waals surface area (Å²) in [6.45, 7) is 4.87. The Hall–Kier alpha value is -3.24. The van der Waals surface area contributed by atoms with Gasteiger partial charge in [0.25, 0.3) is 0 Å². The van der Waals surface area contributed by atoms with Gasteiger partial charge in [0.1, 0.15) is 19.3 Å². The van der Waals surface area contributed by atoms with E-state index in [1.807, 2.05) is 0 Å². The molecule has 0 radical (unpaired) electrons. The van der Waals surface area contributed by atoms with Crippen LogP contribution in [0, 0.1) is 0 Å². The molecule has 0 saturated carbocycles. The second kappa shape index (κ2) is 76.0. The number of carbonyl (C=O) groups is 4. The van der Waals surface area contributed by atoms with Crippen LogP contribution in [0.4, 0.5) is 0 Å². The summed E-state index contributed by atoms with van der Waals surface area (Å²) in [5.74, 6) is -2.18. The fourth-order valence-electron chi connectivity index (χ4n) is 11.6. The van der Waals surface area contributed by atoms with Crippen LogP contribution in [0.5, 0.6) is 0 Å². The van der Waals surface area contributed by atoms with E-state index in [9.17, 15) is 43.2 Å². The van der Waals surface area contributed by atoms with E-state index >= 15 is 0 Å². The minimum Gasteiger partial charge on any atom is -0.462 e. The van der Waals surface area contributed by atoms with E-state index in [-0.39, 0.29) is 25.7 Å². The van der Waals surface area contributed by atoms with Crippen molar-refractivity contribution in [3.8, 4) is 0 Å². The topological polar surface area (TPSA) is 237 Å². The number of hydrogen-bond acceptors (Lipinski definition) is 15. The van der Waals surface area contributed by atoms with Gasteiger partial charge in [-0.3, -0.25) is 37.3 Å². The van der Waals surface area contributed by atoms with Gasteiger partial charge in [-0.15, -0.1) is 0 Å². The van der Waals surface area contributed by atoms with E-state index < -0.39 is 97.5 Å². The fraction of sp³-hybridized carbons (Fsp3) is 0.831. The van der Waals surface area contributed by atoms with E-state index in [4.69, 9.17) is 37.0 Å². The molecule has 0 aromatic carbocycles. The first kappa shape index (κ1) is 98.8. The Kier molecular flexibility index (Phi) is 73.6. The van der Waals surface area contributed by atoms with Gasteiger partial charge in [-0.25, -0.2) is 9.13 Å². The summed E-state index contributed by atoms with van der Waals surface area (Å²) < 4.78 is 68.7. The molecule has 0 heterocycles. The number of phosphoric ester groups is 2. The van der Waals surface area contributed by atoms with Gasteiger partial charge in [-0.2, -0.15) is 0 Å². The largest absolute Gasteiger partial charge is 0.472 e. The van der Waals surface area contributed by atoms with E-state index in [0.29, 0.717) is 25.7 Å². The lowest BCUT2D eigenvalue weighted by molar-refractivity contribution is -0.161. The number of esters is 4. The van der Waals surface area contributed by atoms with Crippen LogP contribution in [0.2, 0.25) is 0 Å². The predicted octanol–water partition coefficient (Wildman–Crippen LogP) is 24.2. The maximum absolute atomic E-state index is 13.1. The Morgan fingerprint density at radius 2 is 0.480 bits per heavy atom. The average Bonchev–Trinajstić information content (AvgIpc) is 0.922. The van der Waals surface area contributed by atoms with Gasteiger partial charge in [0.15, 0.2) is 12.2 Å². The molecule has 5 atom stereocenters. The molecule has 0 aliphatic rings. The molecule has 0 amide bonds. The summed E-state index contributed by atoms with van der Waals surface area (Å²) in [6, 6.07) is 0. The highest BCUT2D eigenvalue weighted by Gasteiger charge is 2.30. The molecule has 102 heavy (non-hydrogen) atoms. The molecule has 596 valence electrons. The average molecular weight is 1480 g/mol. The molecular weight excluding hydrogens is 1330 g/mol. The van der Waals surface area contributed by atoms with E-state index in [1.54, 1.807) is 0 Å². The maximum Gasteiger partial charge on any atom is 0.472 e. The summed E-state index contributed by atoms with van der Waals surface area (Å²) in [4.78, 5) is 73.1. The number of hydrogen-bond donors (Lipinski definition) is 3. The van der Waals surface area contributed by atoms with Crippen molar-refractivity contribution in [2.75, 3.05) is 39.6 Å². The van der Waals surface area contributed by atoms with Crippen LogP contribution in [-0.4, -0.2) is 96.7 Å². The van der Waals surface area contributed by atoms with Crippen LogP contribution in [-0.2, 0) is 65.4 Å². The number of aliphatic hydroxyl groups excluding tert-OH is 1. The van der Waals surface area contributed by atoms with Gasteiger partial charge >= 0.3 is 39.5 Å². The Labute approximate surface area is 622 Å². The van der Waals surface area contributed by atoms with Crippen molar-refractivity contribution in [1.29, 1.82) is 0 Å². The highest BCUT2D eigenvalue weighted by molar-refractivity contribution is 7.47. The van der Waals surface area contributed by atoms with Crippen LogP contribution in [0.15, 0.2) is 60.8 Å². The number of unbranched alkanes of at least 4 members (excludes halogenated alkanes) is 43. The van der Waals surface area contributed by atoms with Crippen molar-refractivity contribution in [3.05, 3.63) is 60.8 Å². The number of aliphatic hydroxyl groups is 1. The van der Waals surface area contributed by atoms with Crippen molar-refractivity contribution in [3.63, 3.8) is 0 Å². The van der Waals surface area contributed by atoms with Gasteiger partial charge in [0.05, 0.1) is 26.4 Å². The van der Waals surface area contributed by atoms with Crippen LogP contribution < -0.4 is 0 Å². The molecule has 3 N–H and O–H groups in total. The first-order valence-electron chi connectivity index (χ1n) is 41.5. The van der Waals surface area contributed by atoms with E-state index in [1.165, 1.54) is 154 Å². The normalized spacial score (nSPS) is 14.1. The third-order valence-electron chi connectivity index (χ3n) is 18.0. The lowest BCUT2D eigenvalue weighted by atomic mass is 10.0. The smallest absolute Gasteiger partial charge is 0.462 e. The number of phosphoric acid groups is 2. The first-order valence-corrected chi connectivity index (χ1v) is 44.5. The molecule has 2 unspecified atom stereocenters. The summed E-state index contributed by atoms with van der Waals surface area (Å²) in [6.07, 6.45) is 76.1. The zero-order valence-electron chi connectivity index (χ0n) is 65.3.